The summed E-state index contributed by atoms with van der Waals surface area (Å²) in [4.78, 5) is 5.07. The van der Waals surface area contributed by atoms with Crippen molar-refractivity contribution >= 4 is 33.4 Å². The van der Waals surface area contributed by atoms with Gasteiger partial charge in [-0.25, -0.2) is 0 Å². The average molecular weight is 402 g/mol. The van der Waals surface area contributed by atoms with Crippen molar-refractivity contribution in [1.29, 1.82) is 0 Å². The molecular formula is C17H33NSSn. The first kappa shape index (κ1) is 18.5. The van der Waals surface area contributed by atoms with Gasteiger partial charge in [-0.05, 0) is 0 Å². The molecule has 0 saturated heterocycles. The summed E-state index contributed by atoms with van der Waals surface area (Å²) in [5, 5.41) is 3.82. The summed E-state index contributed by atoms with van der Waals surface area (Å²) in [6, 6.07) is 0. The third-order valence-corrected chi connectivity index (χ3v) is 21.1. The third-order valence-electron chi connectivity index (χ3n) is 4.42. The van der Waals surface area contributed by atoms with E-state index in [-0.39, 0.29) is 0 Å². The quantitative estimate of drug-likeness (QED) is 0.429. The van der Waals surface area contributed by atoms with Crippen LogP contribution in [0.3, 0.4) is 0 Å². The molecule has 1 aromatic heterocycles. The van der Waals surface area contributed by atoms with Gasteiger partial charge in [0.05, 0.1) is 0 Å². The molecule has 1 heterocycles. The Labute approximate surface area is 134 Å². The van der Waals surface area contributed by atoms with Gasteiger partial charge < -0.3 is 0 Å². The fraction of sp³-hybridized carbons (Fsp3) is 0.824. The van der Waals surface area contributed by atoms with Gasteiger partial charge in [-0.1, -0.05) is 0 Å². The van der Waals surface area contributed by atoms with Gasteiger partial charge in [-0.3, -0.25) is 0 Å². The molecule has 0 unspecified atom stereocenters. The molecular weight excluding hydrogens is 369 g/mol. The number of rotatable bonds is 11. The summed E-state index contributed by atoms with van der Waals surface area (Å²) in [5.74, 6) is 0. The Hall–Kier alpha value is 0.429. The SMILES string of the molecule is CCC[CH2][Sn]([CH2]CCC)([CH2]CCC)[c]1csc(CC)n1. The van der Waals surface area contributed by atoms with Gasteiger partial charge in [0.1, 0.15) is 0 Å². The summed E-state index contributed by atoms with van der Waals surface area (Å²) in [5.41, 5.74) is 0. The summed E-state index contributed by atoms with van der Waals surface area (Å²) >= 11 is -0.282. The number of aromatic nitrogens is 1. The van der Waals surface area contributed by atoms with Crippen molar-refractivity contribution in [2.75, 3.05) is 0 Å². The topological polar surface area (TPSA) is 12.9 Å². The zero-order valence-corrected chi connectivity index (χ0v) is 17.7. The number of hydrogen-bond donors (Lipinski definition) is 0. The van der Waals surface area contributed by atoms with Crippen LogP contribution in [0.5, 0.6) is 0 Å². The van der Waals surface area contributed by atoms with Crippen LogP contribution < -0.4 is 3.71 Å². The van der Waals surface area contributed by atoms with E-state index >= 15 is 0 Å². The van der Waals surface area contributed by atoms with E-state index in [1.54, 1.807) is 3.71 Å². The van der Waals surface area contributed by atoms with Crippen LogP contribution in [0, 0.1) is 0 Å². The molecule has 0 spiro atoms. The van der Waals surface area contributed by atoms with Crippen molar-refractivity contribution < 1.29 is 0 Å². The summed E-state index contributed by atoms with van der Waals surface area (Å²) < 4.78 is 6.24. The molecule has 1 nitrogen and oxygen atoms in total. The zero-order valence-electron chi connectivity index (χ0n) is 14.0. The second-order valence-corrected chi connectivity index (χ2v) is 20.1. The molecule has 20 heavy (non-hydrogen) atoms. The van der Waals surface area contributed by atoms with Crippen LogP contribution in [0.25, 0.3) is 0 Å². The number of unbranched alkanes of at least 4 members (excludes halogenated alkanes) is 3. The van der Waals surface area contributed by atoms with Crippen molar-refractivity contribution in [3.05, 3.63) is 10.4 Å². The first-order chi connectivity index (χ1) is 9.72. The third kappa shape index (κ3) is 5.32. The molecule has 116 valence electrons. The van der Waals surface area contributed by atoms with Crippen LogP contribution in [-0.2, 0) is 6.42 Å². The van der Waals surface area contributed by atoms with Crippen LogP contribution in [0.15, 0.2) is 5.38 Å². The van der Waals surface area contributed by atoms with Gasteiger partial charge in [0.15, 0.2) is 0 Å². The molecule has 0 aliphatic carbocycles. The molecule has 0 amide bonds. The van der Waals surface area contributed by atoms with Crippen molar-refractivity contribution in [1.82, 2.24) is 4.98 Å². The molecule has 0 bridgehead atoms. The molecule has 0 radical (unpaired) electrons. The van der Waals surface area contributed by atoms with Crippen molar-refractivity contribution in [3.8, 4) is 0 Å². The van der Waals surface area contributed by atoms with Gasteiger partial charge in [-0.2, -0.15) is 0 Å². The molecule has 0 aliphatic rings. The van der Waals surface area contributed by atoms with Gasteiger partial charge >= 0.3 is 135 Å². The van der Waals surface area contributed by atoms with E-state index in [4.69, 9.17) is 4.98 Å². The number of hydrogen-bond acceptors (Lipinski definition) is 2. The fourth-order valence-electron chi connectivity index (χ4n) is 3.02. The number of nitrogens with zero attached hydrogens (tertiary/aromatic N) is 1. The van der Waals surface area contributed by atoms with Crippen molar-refractivity contribution in [3.63, 3.8) is 0 Å². The minimum atomic E-state index is -2.20. The van der Waals surface area contributed by atoms with Crippen LogP contribution in [-0.4, -0.2) is 23.4 Å². The predicted octanol–water partition coefficient (Wildman–Crippen LogP) is 5.76. The summed E-state index contributed by atoms with van der Waals surface area (Å²) in [6.45, 7) is 9.27. The van der Waals surface area contributed by atoms with E-state index in [0.717, 1.165) is 6.42 Å². The average Bonchev–Trinajstić information content (AvgIpc) is 2.96. The summed E-state index contributed by atoms with van der Waals surface area (Å²) in [7, 11) is 0. The molecule has 1 rings (SSSR count). The van der Waals surface area contributed by atoms with Crippen molar-refractivity contribution in [2.45, 2.75) is 86.0 Å². The first-order valence-electron chi connectivity index (χ1n) is 8.67. The van der Waals surface area contributed by atoms with E-state index in [2.05, 4.69) is 33.1 Å². The maximum atomic E-state index is 5.07. The van der Waals surface area contributed by atoms with Crippen LogP contribution in [0.1, 0.15) is 71.2 Å². The molecule has 0 fully saturated rings. The van der Waals surface area contributed by atoms with Crippen LogP contribution in [0.4, 0.5) is 0 Å². The second-order valence-electron chi connectivity index (χ2n) is 6.07. The zero-order chi connectivity index (χ0) is 14.8. The maximum absolute atomic E-state index is 5.07. The van der Waals surface area contributed by atoms with E-state index in [1.807, 2.05) is 11.3 Å². The Morgan fingerprint density at radius 3 is 1.75 bits per heavy atom. The first-order valence-corrected chi connectivity index (χ1v) is 17.0. The Morgan fingerprint density at radius 2 is 1.40 bits per heavy atom. The fourth-order valence-corrected chi connectivity index (χ4v) is 21.0. The van der Waals surface area contributed by atoms with Crippen LogP contribution >= 0.6 is 11.3 Å². The molecule has 0 aliphatic heterocycles. The molecule has 0 aromatic carbocycles. The molecule has 0 saturated carbocycles. The molecule has 1 aromatic rings. The van der Waals surface area contributed by atoms with Gasteiger partial charge in [0.25, 0.3) is 0 Å². The van der Waals surface area contributed by atoms with E-state index < -0.39 is 18.4 Å². The molecule has 0 atom stereocenters. The Kier molecular flexibility index (Phi) is 9.43. The predicted molar refractivity (Wildman–Crippen MR) is 96.0 cm³/mol. The normalized spacial score (nSPS) is 12.0. The molecule has 0 N–H and O–H groups in total. The van der Waals surface area contributed by atoms with E-state index in [1.165, 1.54) is 56.8 Å². The second kappa shape index (κ2) is 10.2. The Balaban J connectivity index is 2.97. The standard InChI is InChI=1S/C5H6NS.3C4H9.Sn/c1-2-5-6-3-4-7-5;3*1-3-4-2;/h4H,2H2,1H3;3*1,3-4H2,2H3;. The Bertz CT molecular complexity index is 340. The molecule has 3 heteroatoms. The van der Waals surface area contributed by atoms with Crippen LogP contribution in [0.2, 0.25) is 13.3 Å². The van der Waals surface area contributed by atoms with E-state index in [0.29, 0.717) is 0 Å². The van der Waals surface area contributed by atoms with Gasteiger partial charge in [0.2, 0.25) is 0 Å². The number of thiazole rings is 1. The van der Waals surface area contributed by atoms with Crippen molar-refractivity contribution in [2.24, 2.45) is 0 Å². The summed E-state index contributed by atoms with van der Waals surface area (Å²) in [6.07, 6.45) is 9.46. The van der Waals surface area contributed by atoms with Gasteiger partial charge in [-0.15, -0.1) is 0 Å². The van der Waals surface area contributed by atoms with E-state index in [9.17, 15) is 0 Å². The van der Waals surface area contributed by atoms with Gasteiger partial charge in [0, 0.05) is 0 Å². The minimum absolute atomic E-state index is 1.11. The monoisotopic (exact) mass is 403 g/mol. The number of aryl methyl sites for hydroxylation is 1. The Morgan fingerprint density at radius 1 is 0.900 bits per heavy atom.